The van der Waals surface area contributed by atoms with E-state index in [-0.39, 0.29) is 12.1 Å². The van der Waals surface area contributed by atoms with Gasteiger partial charge >= 0.3 is 12.1 Å². The van der Waals surface area contributed by atoms with Crippen molar-refractivity contribution in [3.63, 3.8) is 0 Å². The summed E-state index contributed by atoms with van der Waals surface area (Å²) < 4.78 is 51.1. The Morgan fingerprint density at radius 2 is 1.77 bits per heavy atom. The van der Waals surface area contributed by atoms with Crippen LogP contribution >= 0.6 is 11.8 Å². The number of halogens is 3. The first-order chi connectivity index (χ1) is 16.8. The van der Waals surface area contributed by atoms with E-state index < -0.39 is 11.7 Å². The molecule has 2 aromatic carbocycles. The van der Waals surface area contributed by atoms with Crippen LogP contribution in [0.1, 0.15) is 38.2 Å². The van der Waals surface area contributed by atoms with Gasteiger partial charge in [-0.2, -0.15) is 13.2 Å². The van der Waals surface area contributed by atoms with Gasteiger partial charge in [-0.15, -0.1) is 0 Å². The molecule has 1 saturated heterocycles. The van der Waals surface area contributed by atoms with E-state index in [1.165, 1.54) is 17.8 Å². The molecule has 0 radical (unpaired) electrons. The van der Waals surface area contributed by atoms with Gasteiger partial charge in [-0.05, 0) is 56.1 Å². The maximum atomic E-state index is 13.4. The van der Waals surface area contributed by atoms with Gasteiger partial charge in [-0.25, -0.2) is 0 Å². The molecule has 5 nitrogen and oxygen atoms in total. The summed E-state index contributed by atoms with van der Waals surface area (Å²) in [5.41, 5.74) is 0.965. The first-order valence-electron chi connectivity index (χ1n) is 12.1. The summed E-state index contributed by atoms with van der Waals surface area (Å²) in [6.45, 7) is 5.83. The average Bonchev–Trinajstić information content (AvgIpc) is 2.86. The molecule has 2 aliphatic heterocycles. The van der Waals surface area contributed by atoms with Gasteiger partial charge in [0.25, 0.3) is 0 Å². The number of benzene rings is 2. The van der Waals surface area contributed by atoms with E-state index in [1.807, 2.05) is 29.2 Å². The van der Waals surface area contributed by atoms with Crippen LogP contribution in [0.25, 0.3) is 0 Å². The van der Waals surface area contributed by atoms with Crippen LogP contribution < -0.4 is 4.90 Å². The fourth-order valence-electron chi connectivity index (χ4n) is 4.47. The zero-order valence-corrected chi connectivity index (χ0v) is 20.7. The highest BCUT2D eigenvalue weighted by Crippen LogP contribution is 2.49. The number of nitrogens with zero attached hydrogens (tertiary/aromatic N) is 2. The molecule has 0 saturated carbocycles. The van der Waals surface area contributed by atoms with Crippen molar-refractivity contribution < 1.29 is 27.4 Å². The number of alkyl halides is 3. The molecule has 0 spiro atoms. The summed E-state index contributed by atoms with van der Waals surface area (Å²) in [5, 5.41) is 0. The zero-order valence-electron chi connectivity index (χ0n) is 19.9. The van der Waals surface area contributed by atoms with Gasteiger partial charge in [0.15, 0.2) is 0 Å². The second-order valence-electron chi connectivity index (χ2n) is 8.74. The average molecular weight is 509 g/mol. The highest BCUT2D eigenvalue weighted by Gasteiger charge is 2.33. The summed E-state index contributed by atoms with van der Waals surface area (Å²) in [6, 6.07) is 11.9. The van der Waals surface area contributed by atoms with E-state index in [2.05, 4.69) is 4.90 Å². The number of anilines is 2. The molecule has 0 aliphatic carbocycles. The molecule has 0 bridgehead atoms. The number of carbonyl (C=O) groups excluding carboxylic acids is 1. The van der Waals surface area contributed by atoms with Crippen molar-refractivity contribution in [2.24, 2.45) is 0 Å². The summed E-state index contributed by atoms with van der Waals surface area (Å²) in [4.78, 5) is 17.5. The van der Waals surface area contributed by atoms with Crippen LogP contribution in [-0.2, 0) is 20.4 Å². The molecular weight excluding hydrogens is 477 g/mol. The van der Waals surface area contributed by atoms with E-state index in [1.54, 1.807) is 13.0 Å². The summed E-state index contributed by atoms with van der Waals surface area (Å²) >= 11 is 1.52. The van der Waals surface area contributed by atoms with Gasteiger partial charge in [0.2, 0.25) is 0 Å². The number of carbonyl (C=O) groups is 1. The maximum absolute atomic E-state index is 13.4. The summed E-state index contributed by atoms with van der Waals surface area (Å²) in [5.74, 6) is -0.212. The third kappa shape index (κ3) is 6.71. The van der Waals surface area contributed by atoms with Gasteiger partial charge in [-0.3, -0.25) is 4.79 Å². The predicted molar refractivity (Wildman–Crippen MR) is 130 cm³/mol. The summed E-state index contributed by atoms with van der Waals surface area (Å²) in [7, 11) is 0. The molecule has 2 aliphatic rings. The van der Waals surface area contributed by atoms with E-state index in [9.17, 15) is 18.0 Å². The van der Waals surface area contributed by atoms with Crippen molar-refractivity contribution in [1.82, 2.24) is 4.90 Å². The minimum absolute atomic E-state index is 0.172. The van der Waals surface area contributed by atoms with E-state index in [0.29, 0.717) is 31.9 Å². The Morgan fingerprint density at radius 3 is 2.51 bits per heavy atom. The Bertz CT molecular complexity index is 1010. The molecule has 190 valence electrons. The van der Waals surface area contributed by atoms with Crippen molar-refractivity contribution in [1.29, 1.82) is 0 Å². The molecule has 1 fully saturated rings. The number of esters is 1. The van der Waals surface area contributed by atoms with Crippen molar-refractivity contribution in [3.8, 4) is 0 Å². The highest BCUT2D eigenvalue weighted by atomic mass is 32.2. The molecular formula is C26H31F3N2O3S. The van der Waals surface area contributed by atoms with Crippen LogP contribution in [0.2, 0.25) is 0 Å². The van der Waals surface area contributed by atoms with Gasteiger partial charge in [0.05, 0.1) is 29.6 Å². The van der Waals surface area contributed by atoms with Crippen LogP contribution in [0.15, 0.2) is 52.3 Å². The molecule has 35 heavy (non-hydrogen) atoms. The second kappa shape index (κ2) is 11.7. The molecule has 0 amide bonds. The Kier molecular flexibility index (Phi) is 8.62. The van der Waals surface area contributed by atoms with Crippen LogP contribution in [0.5, 0.6) is 0 Å². The lowest BCUT2D eigenvalue weighted by Gasteiger charge is -2.35. The molecule has 2 heterocycles. The maximum Gasteiger partial charge on any atom is 0.416 e. The van der Waals surface area contributed by atoms with Crippen LogP contribution in [0, 0.1) is 0 Å². The molecule has 0 unspecified atom stereocenters. The largest absolute Gasteiger partial charge is 0.463 e. The lowest BCUT2D eigenvalue weighted by Crippen LogP contribution is -2.38. The first-order valence-corrected chi connectivity index (χ1v) is 12.9. The van der Waals surface area contributed by atoms with Gasteiger partial charge in [0, 0.05) is 35.8 Å². The smallest absolute Gasteiger partial charge is 0.416 e. The standard InChI is InChI=1S/C26H31F3N2O3S/c1-2-25(32)34-17-16-33-20-10-14-30(15-11-20)12-5-13-31-21-6-3-4-7-23(21)35-24-9-8-19(18-22(24)31)26(27,28)29/h3-4,6-9,18,20H,2,5,10-17H2,1H3. The Hall–Kier alpha value is -2.23. The molecule has 2 aromatic rings. The van der Waals surface area contributed by atoms with Crippen molar-refractivity contribution in [3.05, 3.63) is 48.0 Å². The molecule has 0 N–H and O–H groups in total. The molecule has 0 aromatic heterocycles. The fraction of sp³-hybridized carbons (Fsp3) is 0.500. The number of rotatable bonds is 9. The van der Waals surface area contributed by atoms with E-state index in [0.717, 1.165) is 60.4 Å². The van der Waals surface area contributed by atoms with Crippen molar-refractivity contribution in [2.45, 2.75) is 54.7 Å². The Labute approximate surface area is 208 Å². The third-order valence-corrected chi connectivity index (χ3v) is 7.46. The van der Waals surface area contributed by atoms with Gasteiger partial charge < -0.3 is 19.3 Å². The van der Waals surface area contributed by atoms with Crippen LogP contribution in [0.4, 0.5) is 24.5 Å². The second-order valence-corrected chi connectivity index (χ2v) is 9.82. The number of fused-ring (bicyclic) bond motifs is 2. The molecule has 0 atom stereocenters. The normalized spacial score (nSPS) is 16.6. The number of para-hydroxylation sites is 1. The van der Waals surface area contributed by atoms with Crippen molar-refractivity contribution >= 4 is 29.1 Å². The third-order valence-electron chi connectivity index (χ3n) is 6.33. The quantitative estimate of drug-likeness (QED) is 0.300. The number of hydrogen-bond acceptors (Lipinski definition) is 6. The number of piperidine rings is 1. The summed E-state index contributed by atoms with van der Waals surface area (Å²) in [6.07, 6.45) is -1.15. The first kappa shape index (κ1) is 25.9. The fourth-order valence-corrected chi connectivity index (χ4v) is 5.55. The minimum atomic E-state index is -4.37. The van der Waals surface area contributed by atoms with Gasteiger partial charge in [0.1, 0.15) is 6.61 Å². The van der Waals surface area contributed by atoms with E-state index >= 15 is 0 Å². The van der Waals surface area contributed by atoms with Gasteiger partial charge in [-0.1, -0.05) is 30.8 Å². The number of ether oxygens (including phenoxy) is 2. The molecule has 9 heteroatoms. The Balaban J connectivity index is 1.30. The monoisotopic (exact) mass is 508 g/mol. The lowest BCUT2D eigenvalue weighted by atomic mass is 10.1. The minimum Gasteiger partial charge on any atom is -0.463 e. The Morgan fingerprint density at radius 1 is 1.03 bits per heavy atom. The number of hydrogen-bond donors (Lipinski definition) is 0. The van der Waals surface area contributed by atoms with Crippen LogP contribution in [-0.4, -0.2) is 56.4 Å². The lowest BCUT2D eigenvalue weighted by molar-refractivity contribution is -0.145. The highest BCUT2D eigenvalue weighted by molar-refractivity contribution is 7.99. The van der Waals surface area contributed by atoms with E-state index in [4.69, 9.17) is 9.47 Å². The predicted octanol–water partition coefficient (Wildman–Crippen LogP) is 6.13. The van der Waals surface area contributed by atoms with Crippen LogP contribution in [0.3, 0.4) is 0 Å². The van der Waals surface area contributed by atoms with Crippen molar-refractivity contribution in [2.75, 3.05) is 44.3 Å². The number of likely N-dealkylation sites (tertiary alicyclic amines) is 1. The topological polar surface area (TPSA) is 42.0 Å². The zero-order chi connectivity index (χ0) is 24.8. The molecule has 4 rings (SSSR count). The SMILES string of the molecule is CCC(=O)OCCOC1CCN(CCCN2c3ccccc3Sc3ccc(C(F)(F)F)cc32)CC1.